The van der Waals surface area contributed by atoms with E-state index in [9.17, 15) is 13.2 Å². The normalized spacial score (nSPS) is 11.2. The molecule has 2 aromatic carbocycles. The van der Waals surface area contributed by atoms with E-state index < -0.39 is 9.84 Å². The second kappa shape index (κ2) is 9.67. The first-order valence-electron chi connectivity index (χ1n) is 9.18. The summed E-state index contributed by atoms with van der Waals surface area (Å²) in [6, 6.07) is 16.5. The Balaban J connectivity index is 1.55. The summed E-state index contributed by atoms with van der Waals surface area (Å²) in [5.74, 6) is 0.0540. The lowest BCUT2D eigenvalue weighted by atomic mass is 10.2. The van der Waals surface area contributed by atoms with E-state index in [0.717, 1.165) is 16.3 Å². The van der Waals surface area contributed by atoms with Crippen LogP contribution in [0.2, 0.25) is 0 Å². The zero-order chi connectivity index (χ0) is 20.7. The molecule has 1 aromatic heterocycles. The molecule has 0 aliphatic carbocycles. The largest absolute Gasteiger partial charge is 0.494 e. The first-order valence-corrected chi connectivity index (χ1v) is 11.9. The number of nitrogens with zero attached hydrogens (tertiary/aromatic N) is 1. The van der Waals surface area contributed by atoms with Crippen LogP contribution in [0, 0.1) is 0 Å². The smallest absolute Gasteiger partial charge is 0.225 e. The molecule has 0 atom stereocenters. The maximum absolute atomic E-state index is 12.4. The van der Waals surface area contributed by atoms with Crippen LogP contribution in [0.25, 0.3) is 10.6 Å². The number of amides is 1. The van der Waals surface area contributed by atoms with E-state index in [2.05, 4.69) is 10.3 Å². The average molecular weight is 431 g/mol. The first-order chi connectivity index (χ1) is 13.9. The fourth-order valence-corrected chi connectivity index (χ4v) is 4.83. The molecule has 1 heterocycles. The minimum absolute atomic E-state index is 0.0902. The molecule has 0 unspecified atom stereocenters. The number of nitrogens with one attached hydrogen (secondary N) is 1. The van der Waals surface area contributed by atoms with Crippen molar-refractivity contribution < 1.29 is 17.9 Å². The molecule has 0 fully saturated rings. The molecule has 0 spiro atoms. The average Bonchev–Trinajstić information content (AvgIpc) is 3.16. The lowest BCUT2D eigenvalue weighted by Crippen LogP contribution is -2.18. The Morgan fingerprint density at radius 1 is 1.10 bits per heavy atom. The highest BCUT2D eigenvalue weighted by molar-refractivity contribution is 7.90. The molecular weight excluding hydrogens is 408 g/mol. The number of sulfone groups is 1. The fourth-order valence-electron chi connectivity index (χ4n) is 2.66. The number of para-hydroxylation sites is 1. The molecule has 0 saturated heterocycles. The molecule has 8 heteroatoms. The number of rotatable bonds is 9. The number of carbonyl (C=O) groups is 1. The third-order valence-corrected chi connectivity index (χ3v) is 6.53. The van der Waals surface area contributed by atoms with Crippen molar-refractivity contribution in [1.82, 2.24) is 4.98 Å². The molecule has 0 radical (unpaired) electrons. The summed E-state index contributed by atoms with van der Waals surface area (Å²) in [4.78, 5) is 16.4. The second-order valence-electron chi connectivity index (χ2n) is 6.36. The number of ether oxygens (including phenoxy) is 1. The van der Waals surface area contributed by atoms with Gasteiger partial charge in [-0.3, -0.25) is 4.79 Å². The highest BCUT2D eigenvalue weighted by Crippen LogP contribution is 2.26. The van der Waals surface area contributed by atoms with E-state index >= 15 is 0 Å². The zero-order valence-electron chi connectivity index (χ0n) is 16.0. The van der Waals surface area contributed by atoms with E-state index in [1.165, 1.54) is 11.3 Å². The molecule has 152 valence electrons. The zero-order valence-corrected chi connectivity index (χ0v) is 17.6. The SMILES string of the molecule is CCOc1ccc(-c2nc(CS(=O)(=O)CCC(=O)Nc3ccccc3)cs2)cc1. The summed E-state index contributed by atoms with van der Waals surface area (Å²) >= 11 is 1.39. The van der Waals surface area contributed by atoms with Crippen molar-refractivity contribution in [2.24, 2.45) is 0 Å². The number of anilines is 1. The van der Waals surface area contributed by atoms with Crippen LogP contribution in [-0.4, -0.2) is 31.7 Å². The molecule has 0 aliphatic heterocycles. The Kier molecular flexibility index (Phi) is 7.00. The van der Waals surface area contributed by atoms with Crippen molar-refractivity contribution in [2.75, 3.05) is 17.7 Å². The van der Waals surface area contributed by atoms with Crippen LogP contribution in [0.15, 0.2) is 60.0 Å². The van der Waals surface area contributed by atoms with E-state index in [1.807, 2.05) is 37.3 Å². The van der Waals surface area contributed by atoms with Crippen LogP contribution in [0.1, 0.15) is 19.0 Å². The quantitative estimate of drug-likeness (QED) is 0.551. The van der Waals surface area contributed by atoms with Gasteiger partial charge in [0.15, 0.2) is 9.84 Å². The molecule has 3 rings (SSSR count). The maximum Gasteiger partial charge on any atom is 0.225 e. The minimum Gasteiger partial charge on any atom is -0.494 e. The van der Waals surface area contributed by atoms with Crippen LogP contribution >= 0.6 is 11.3 Å². The van der Waals surface area contributed by atoms with Gasteiger partial charge in [-0.25, -0.2) is 13.4 Å². The summed E-state index contributed by atoms with van der Waals surface area (Å²) in [6.07, 6.45) is -0.0902. The third kappa shape index (κ3) is 6.40. The second-order valence-corrected chi connectivity index (χ2v) is 9.40. The van der Waals surface area contributed by atoms with Crippen molar-refractivity contribution in [1.29, 1.82) is 0 Å². The Hall–Kier alpha value is -2.71. The third-order valence-electron chi connectivity index (χ3n) is 4.03. The van der Waals surface area contributed by atoms with Gasteiger partial charge in [-0.15, -0.1) is 11.3 Å². The van der Waals surface area contributed by atoms with Gasteiger partial charge in [0.1, 0.15) is 10.8 Å². The molecule has 3 aromatic rings. The number of hydrogen-bond donors (Lipinski definition) is 1. The lowest BCUT2D eigenvalue weighted by molar-refractivity contribution is -0.115. The van der Waals surface area contributed by atoms with Crippen molar-refractivity contribution in [3.05, 3.63) is 65.7 Å². The molecular formula is C21H22N2O4S2. The summed E-state index contributed by atoms with van der Waals surface area (Å²) in [5, 5.41) is 5.18. The predicted molar refractivity (Wildman–Crippen MR) is 116 cm³/mol. The van der Waals surface area contributed by atoms with Crippen molar-refractivity contribution >= 4 is 32.8 Å². The molecule has 0 bridgehead atoms. The number of hydrogen-bond acceptors (Lipinski definition) is 6. The van der Waals surface area contributed by atoms with Crippen LogP contribution < -0.4 is 10.1 Å². The van der Waals surface area contributed by atoms with Gasteiger partial charge < -0.3 is 10.1 Å². The Morgan fingerprint density at radius 2 is 1.83 bits per heavy atom. The van der Waals surface area contributed by atoms with Gasteiger partial charge in [0, 0.05) is 23.1 Å². The minimum atomic E-state index is -3.44. The van der Waals surface area contributed by atoms with Crippen molar-refractivity contribution in [3.63, 3.8) is 0 Å². The predicted octanol–water partition coefficient (Wildman–Crippen LogP) is 4.15. The van der Waals surface area contributed by atoms with Crippen molar-refractivity contribution in [2.45, 2.75) is 19.1 Å². The number of carbonyl (C=O) groups excluding carboxylic acids is 1. The van der Waals surface area contributed by atoms with Crippen molar-refractivity contribution in [3.8, 4) is 16.3 Å². The molecule has 1 N–H and O–H groups in total. The fraction of sp³-hybridized carbons (Fsp3) is 0.238. The Bertz CT molecular complexity index is 1050. The standard InChI is InChI=1S/C21H22N2O4S2/c1-2-27-19-10-8-16(9-11-19)21-23-18(14-28-21)15-29(25,26)13-12-20(24)22-17-6-4-3-5-7-17/h3-11,14H,2,12-13,15H2,1H3,(H,22,24). The summed E-state index contributed by atoms with van der Waals surface area (Å²) in [5.41, 5.74) is 2.04. The summed E-state index contributed by atoms with van der Waals surface area (Å²) in [7, 11) is -3.44. The highest BCUT2D eigenvalue weighted by atomic mass is 32.2. The monoisotopic (exact) mass is 430 g/mol. The summed E-state index contributed by atoms with van der Waals surface area (Å²) < 4.78 is 30.2. The number of benzene rings is 2. The van der Waals surface area contributed by atoms with Gasteiger partial charge >= 0.3 is 0 Å². The van der Waals surface area contributed by atoms with Gasteiger partial charge in [0.25, 0.3) is 0 Å². The molecule has 1 amide bonds. The van der Waals surface area contributed by atoms with Gasteiger partial charge in [-0.05, 0) is 43.3 Å². The number of aromatic nitrogens is 1. The van der Waals surface area contributed by atoms with Crippen LogP contribution in [0.5, 0.6) is 5.75 Å². The molecule has 29 heavy (non-hydrogen) atoms. The lowest BCUT2D eigenvalue weighted by Gasteiger charge is -2.05. The van der Waals surface area contributed by atoms with E-state index in [1.54, 1.807) is 29.6 Å². The first kappa shape index (κ1) is 21.0. The topological polar surface area (TPSA) is 85.4 Å². The van der Waals surface area contributed by atoms with Gasteiger partial charge in [0.2, 0.25) is 5.91 Å². The maximum atomic E-state index is 12.4. The summed E-state index contributed by atoms with van der Waals surface area (Å²) in [6.45, 7) is 2.52. The van der Waals surface area contributed by atoms with Crippen LogP contribution in [0.4, 0.5) is 5.69 Å². The Morgan fingerprint density at radius 3 is 2.52 bits per heavy atom. The molecule has 0 saturated carbocycles. The number of thiazole rings is 1. The molecule has 6 nitrogen and oxygen atoms in total. The highest BCUT2D eigenvalue weighted by Gasteiger charge is 2.17. The van der Waals surface area contributed by atoms with E-state index in [4.69, 9.17) is 4.74 Å². The van der Waals surface area contributed by atoms with E-state index in [-0.39, 0.29) is 23.8 Å². The van der Waals surface area contributed by atoms with Crippen LogP contribution in [-0.2, 0) is 20.4 Å². The Labute approximate surface area is 174 Å². The molecule has 0 aliphatic rings. The van der Waals surface area contributed by atoms with E-state index in [0.29, 0.717) is 18.0 Å². The van der Waals surface area contributed by atoms with Crippen LogP contribution in [0.3, 0.4) is 0 Å². The van der Waals surface area contributed by atoms with Gasteiger partial charge in [-0.1, -0.05) is 18.2 Å². The van der Waals surface area contributed by atoms with Gasteiger partial charge in [-0.2, -0.15) is 0 Å². The van der Waals surface area contributed by atoms with Gasteiger partial charge in [0.05, 0.1) is 23.8 Å².